The van der Waals surface area contributed by atoms with Gasteiger partial charge in [0, 0.05) is 7.11 Å². The summed E-state index contributed by atoms with van der Waals surface area (Å²) >= 11 is 4.69. The van der Waals surface area contributed by atoms with Crippen LogP contribution in [0.3, 0.4) is 0 Å². The number of rotatable bonds is 6. The zero-order valence-corrected chi connectivity index (χ0v) is 10.2. The molecule has 0 aliphatic rings. The van der Waals surface area contributed by atoms with Gasteiger partial charge in [-0.15, -0.1) is 35.3 Å². The Labute approximate surface area is 86.6 Å². The molecule has 0 radical (unpaired) electrons. The highest BCUT2D eigenvalue weighted by Gasteiger charge is 2.35. The zero-order chi connectivity index (χ0) is 9.61. The van der Waals surface area contributed by atoms with E-state index in [1.807, 2.05) is 18.8 Å². The lowest BCUT2D eigenvalue weighted by molar-refractivity contribution is -0.121. The first-order chi connectivity index (χ1) is 5.66. The second-order valence-electron chi connectivity index (χ2n) is 2.02. The van der Waals surface area contributed by atoms with Gasteiger partial charge in [0.25, 0.3) is 0 Å². The van der Waals surface area contributed by atoms with Gasteiger partial charge >= 0.3 is 0 Å². The largest absolute Gasteiger partial charge is 0.377 e. The molecule has 0 atom stereocenters. The second kappa shape index (κ2) is 6.18. The molecule has 12 heavy (non-hydrogen) atoms. The van der Waals surface area contributed by atoms with E-state index in [4.69, 9.17) is 4.74 Å². The number of carbonyl (C=O) groups is 1. The van der Waals surface area contributed by atoms with Gasteiger partial charge in [0.15, 0.2) is 9.19 Å². The molecule has 0 aromatic heterocycles. The number of hydrogen-bond acceptors (Lipinski definition) is 5. The van der Waals surface area contributed by atoms with Crippen molar-refractivity contribution in [2.24, 2.45) is 0 Å². The van der Waals surface area contributed by atoms with Crippen molar-refractivity contribution in [3.63, 3.8) is 0 Å². The summed E-state index contributed by atoms with van der Waals surface area (Å²) in [5, 5.41) is 0. The fourth-order valence-electron chi connectivity index (χ4n) is 0.811. The molecule has 0 N–H and O–H groups in total. The minimum absolute atomic E-state index is 0.137. The standard InChI is InChI=1S/C7H14O2S3/c1-9-5-6(8)7(10-2,11-3)12-4/h5H2,1-4H3. The van der Waals surface area contributed by atoms with Crippen molar-refractivity contribution < 1.29 is 9.53 Å². The first-order valence-corrected chi connectivity index (χ1v) is 7.02. The van der Waals surface area contributed by atoms with E-state index in [2.05, 4.69) is 0 Å². The SMILES string of the molecule is COCC(=O)C(SC)(SC)SC. The molecule has 0 fully saturated rings. The molecule has 72 valence electrons. The van der Waals surface area contributed by atoms with Crippen LogP contribution in [-0.4, -0.2) is 41.7 Å². The number of hydrogen-bond donors (Lipinski definition) is 0. The van der Waals surface area contributed by atoms with Crippen molar-refractivity contribution in [3.05, 3.63) is 0 Å². The molecule has 0 saturated carbocycles. The Bertz CT molecular complexity index is 137. The lowest BCUT2D eigenvalue weighted by Gasteiger charge is -2.25. The Kier molecular flexibility index (Phi) is 6.53. The molecule has 0 aromatic carbocycles. The summed E-state index contributed by atoms with van der Waals surface area (Å²) in [6, 6.07) is 0. The smallest absolute Gasteiger partial charge is 0.194 e. The summed E-state index contributed by atoms with van der Waals surface area (Å²) in [6.45, 7) is 0.197. The third-order valence-corrected chi connectivity index (χ3v) is 6.72. The molecule has 0 rings (SSSR count). The van der Waals surface area contributed by atoms with E-state index in [1.165, 1.54) is 0 Å². The van der Waals surface area contributed by atoms with Crippen LogP contribution in [0.5, 0.6) is 0 Å². The molecular formula is C7H14O2S3. The molecule has 0 unspecified atom stereocenters. The zero-order valence-electron chi connectivity index (χ0n) is 7.75. The van der Waals surface area contributed by atoms with Crippen LogP contribution in [0.1, 0.15) is 0 Å². The van der Waals surface area contributed by atoms with Crippen LogP contribution in [0.25, 0.3) is 0 Å². The van der Waals surface area contributed by atoms with E-state index in [0.717, 1.165) is 0 Å². The van der Waals surface area contributed by atoms with Crippen LogP contribution in [0.2, 0.25) is 0 Å². The molecule has 0 heterocycles. The monoisotopic (exact) mass is 226 g/mol. The Morgan fingerprint density at radius 2 is 1.67 bits per heavy atom. The minimum atomic E-state index is -0.379. The Balaban J connectivity index is 4.36. The van der Waals surface area contributed by atoms with Crippen molar-refractivity contribution in [3.8, 4) is 0 Å². The Hall–Kier alpha value is 0.680. The molecule has 0 saturated heterocycles. The van der Waals surface area contributed by atoms with Gasteiger partial charge in [0.05, 0.1) is 0 Å². The topological polar surface area (TPSA) is 26.3 Å². The van der Waals surface area contributed by atoms with Gasteiger partial charge in [-0.25, -0.2) is 0 Å². The predicted molar refractivity (Wildman–Crippen MR) is 60.2 cm³/mol. The summed E-state index contributed by atoms with van der Waals surface area (Å²) in [5.41, 5.74) is 0. The van der Waals surface area contributed by atoms with E-state index in [1.54, 1.807) is 42.4 Å². The van der Waals surface area contributed by atoms with Crippen LogP contribution < -0.4 is 0 Å². The normalized spacial score (nSPS) is 11.7. The number of Topliss-reactive ketones (excluding diaryl/α,β-unsaturated/α-hetero) is 1. The van der Waals surface area contributed by atoms with Gasteiger partial charge in [-0.05, 0) is 18.8 Å². The van der Waals surface area contributed by atoms with Gasteiger partial charge in [-0.2, -0.15) is 0 Å². The maximum Gasteiger partial charge on any atom is 0.194 e. The maximum absolute atomic E-state index is 11.6. The van der Waals surface area contributed by atoms with Gasteiger partial charge in [0.1, 0.15) is 6.61 Å². The van der Waals surface area contributed by atoms with Crippen LogP contribution >= 0.6 is 35.3 Å². The summed E-state index contributed by atoms with van der Waals surface area (Å²) in [5.74, 6) is 0.137. The molecule has 5 heteroatoms. The van der Waals surface area contributed by atoms with Crippen molar-refractivity contribution in [1.29, 1.82) is 0 Å². The van der Waals surface area contributed by atoms with Crippen molar-refractivity contribution in [1.82, 2.24) is 0 Å². The number of carbonyl (C=O) groups excluding carboxylic acids is 1. The molecule has 0 aromatic rings. The van der Waals surface area contributed by atoms with E-state index in [0.29, 0.717) is 0 Å². The summed E-state index contributed by atoms with van der Waals surface area (Å²) in [4.78, 5) is 11.6. The predicted octanol–water partition coefficient (Wildman–Crippen LogP) is 1.94. The summed E-state index contributed by atoms with van der Waals surface area (Å²) in [7, 11) is 1.55. The Morgan fingerprint density at radius 3 is 1.92 bits per heavy atom. The molecule has 0 spiro atoms. The summed E-state index contributed by atoms with van der Waals surface area (Å²) in [6.07, 6.45) is 5.84. The first-order valence-electron chi connectivity index (χ1n) is 3.34. The van der Waals surface area contributed by atoms with E-state index < -0.39 is 0 Å². The molecule has 0 bridgehead atoms. The Morgan fingerprint density at radius 1 is 1.25 bits per heavy atom. The van der Waals surface area contributed by atoms with Crippen LogP contribution in [0, 0.1) is 0 Å². The highest BCUT2D eigenvalue weighted by atomic mass is 32.3. The minimum Gasteiger partial charge on any atom is -0.377 e. The number of thioether (sulfide) groups is 3. The van der Waals surface area contributed by atoms with E-state index in [9.17, 15) is 4.79 Å². The van der Waals surface area contributed by atoms with E-state index in [-0.39, 0.29) is 15.8 Å². The maximum atomic E-state index is 11.6. The number of ether oxygens (including phenoxy) is 1. The quantitative estimate of drug-likeness (QED) is 0.645. The molecule has 2 nitrogen and oxygen atoms in total. The molecular weight excluding hydrogens is 212 g/mol. The van der Waals surface area contributed by atoms with Crippen LogP contribution in [0.15, 0.2) is 0 Å². The number of ketones is 1. The lowest BCUT2D eigenvalue weighted by Crippen LogP contribution is -2.30. The fraction of sp³-hybridized carbons (Fsp3) is 0.857. The van der Waals surface area contributed by atoms with Crippen molar-refractivity contribution >= 4 is 41.1 Å². The van der Waals surface area contributed by atoms with Crippen LogP contribution in [-0.2, 0) is 9.53 Å². The van der Waals surface area contributed by atoms with Gasteiger partial charge in [-0.1, -0.05) is 0 Å². The van der Waals surface area contributed by atoms with Gasteiger partial charge < -0.3 is 4.74 Å². The molecule has 0 aliphatic carbocycles. The second-order valence-corrected chi connectivity index (χ2v) is 5.86. The fourth-order valence-corrected chi connectivity index (χ4v) is 3.67. The highest BCUT2D eigenvalue weighted by molar-refractivity contribution is 8.34. The highest BCUT2D eigenvalue weighted by Crippen LogP contribution is 2.43. The third kappa shape index (κ3) is 2.87. The average molecular weight is 226 g/mol. The number of methoxy groups -OCH3 is 1. The van der Waals surface area contributed by atoms with Gasteiger partial charge in [-0.3, -0.25) is 4.79 Å². The van der Waals surface area contributed by atoms with E-state index >= 15 is 0 Å². The third-order valence-electron chi connectivity index (χ3n) is 1.42. The average Bonchev–Trinajstić information content (AvgIpc) is 2.09. The van der Waals surface area contributed by atoms with Crippen LogP contribution in [0.4, 0.5) is 0 Å². The van der Waals surface area contributed by atoms with Crippen molar-refractivity contribution in [2.45, 2.75) is 3.41 Å². The van der Waals surface area contributed by atoms with Gasteiger partial charge in [0.2, 0.25) is 0 Å². The summed E-state index contributed by atoms with van der Waals surface area (Å²) < 4.78 is 4.45. The van der Waals surface area contributed by atoms with Crippen molar-refractivity contribution in [2.75, 3.05) is 32.5 Å². The lowest BCUT2D eigenvalue weighted by atomic mass is 10.5. The molecule has 0 aliphatic heterocycles. The molecule has 0 amide bonds. The first kappa shape index (κ1) is 12.7.